The first-order chi connectivity index (χ1) is 13.4. The van der Waals surface area contributed by atoms with Crippen LogP contribution in [0.3, 0.4) is 0 Å². The van der Waals surface area contributed by atoms with E-state index < -0.39 is 6.09 Å². The van der Waals surface area contributed by atoms with E-state index >= 15 is 0 Å². The minimum absolute atomic E-state index is 0.0155. The minimum atomic E-state index is -0.832. The number of rotatable bonds is 4. The number of carbonyl (C=O) groups excluding carboxylic acids is 1. The quantitative estimate of drug-likeness (QED) is 0.857. The summed E-state index contributed by atoms with van der Waals surface area (Å²) in [7, 11) is 0. The number of carboxylic acid groups (broad SMARTS) is 1. The molecule has 1 aromatic rings. The summed E-state index contributed by atoms with van der Waals surface area (Å²) in [5, 5.41) is 9.29. The zero-order valence-electron chi connectivity index (χ0n) is 16.8. The van der Waals surface area contributed by atoms with Gasteiger partial charge in [-0.15, -0.1) is 0 Å². The molecule has 7 heteroatoms. The second kappa shape index (κ2) is 9.28. The standard InChI is InChI=1S/C21H31N3O4/c1-16-13-24(20(25)26)17(2)12-23(16)14-18-8-10-22(11-9-18)21(27)28-15-19-6-4-3-5-7-19/h3-7,16-18H,8-15H2,1-2H3,(H,25,26)/t16-,17+/m0/s1. The van der Waals surface area contributed by atoms with Crippen LogP contribution in [0.1, 0.15) is 32.3 Å². The van der Waals surface area contributed by atoms with Crippen molar-refractivity contribution in [1.82, 2.24) is 14.7 Å². The van der Waals surface area contributed by atoms with Gasteiger partial charge in [-0.2, -0.15) is 0 Å². The third kappa shape index (κ3) is 5.16. The van der Waals surface area contributed by atoms with Gasteiger partial charge in [0.2, 0.25) is 0 Å². The molecule has 7 nitrogen and oxygen atoms in total. The highest BCUT2D eigenvalue weighted by Gasteiger charge is 2.34. The van der Waals surface area contributed by atoms with Crippen molar-refractivity contribution in [3.63, 3.8) is 0 Å². The molecule has 2 aliphatic rings. The fraction of sp³-hybridized carbons (Fsp3) is 0.619. The summed E-state index contributed by atoms with van der Waals surface area (Å²) in [6, 6.07) is 9.96. The Labute approximate surface area is 166 Å². The molecule has 3 rings (SSSR count). The summed E-state index contributed by atoms with van der Waals surface area (Å²) >= 11 is 0. The third-order valence-electron chi connectivity index (χ3n) is 5.93. The van der Waals surface area contributed by atoms with Crippen LogP contribution in [-0.4, -0.2) is 76.8 Å². The number of likely N-dealkylation sites (tertiary alicyclic amines) is 1. The Bertz CT molecular complexity index is 661. The minimum Gasteiger partial charge on any atom is -0.465 e. The molecular formula is C21H31N3O4. The van der Waals surface area contributed by atoms with E-state index in [1.165, 1.54) is 4.90 Å². The van der Waals surface area contributed by atoms with Crippen LogP contribution in [0.25, 0.3) is 0 Å². The van der Waals surface area contributed by atoms with E-state index in [2.05, 4.69) is 11.8 Å². The summed E-state index contributed by atoms with van der Waals surface area (Å²) in [5.74, 6) is 0.532. The summed E-state index contributed by atoms with van der Waals surface area (Å²) in [5.41, 5.74) is 0.995. The predicted molar refractivity (Wildman–Crippen MR) is 106 cm³/mol. The number of piperazine rings is 1. The van der Waals surface area contributed by atoms with E-state index in [-0.39, 0.29) is 18.2 Å². The molecule has 2 amide bonds. The van der Waals surface area contributed by atoms with Crippen LogP contribution >= 0.6 is 0 Å². The van der Waals surface area contributed by atoms with Gasteiger partial charge in [-0.3, -0.25) is 4.90 Å². The van der Waals surface area contributed by atoms with Crippen LogP contribution in [0, 0.1) is 5.92 Å². The van der Waals surface area contributed by atoms with Gasteiger partial charge < -0.3 is 19.6 Å². The van der Waals surface area contributed by atoms with Gasteiger partial charge in [0.25, 0.3) is 0 Å². The van der Waals surface area contributed by atoms with E-state index in [4.69, 9.17) is 4.74 Å². The average molecular weight is 389 g/mol. The number of carbonyl (C=O) groups is 2. The predicted octanol–water partition coefficient (Wildman–Crippen LogP) is 3.11. The molecule has 0 spiro atoms. The van der Waals surface area contributed by atoms with E-state index in [1.807, 2.05) is 37.3 Å². The van der Waals surface area contributed by atoms with Crippen molar-refractivity contribution in [2.75, 3.05) is 32.7 Å². The highest BCUT2D eigenvalue weighted by molar-refractivity contribution is 5.67. The monoisotopic (exact) mass is 389 g/mol. The van der Waals surface area contributed by atoms with Crippen LogP contribution < -0.4 is 0 Å². The summed E-state index contributed by atoms with van der Waals surface area (Å²) < 4.78 is 5.43. The number of ether oxygens (including phenoxy) is 1. The molecule has 0 unspecified atom stereocenters. The molecule has 28 heavy (non-hydrogen) atoms. The topological polar surface area (TPSA) is 73.3 Å². The van der Waals surface area contributed by atoms with Crippen molar-refractivity contribution in [3.8, 4) is 0 Å². The Hall–Kier alpha value is -2.28. The van der Waals surface area contributed by atoms with Gasteiger partial charge in [-0.05, 0) is 38.2 Å². The lowest BCUT2D eigenvalue weighted by Crippen LogP contribution is -2.58. The molecule has 0 radical (unpaired) electrons. The first kappa shape index (κ1) is 20.5. The second-order valence-electron chi connectivity index (χ2n) is 8.06. The van der Waals surface area contributed by atoms with Crippen LogP contribution in [0.2, 0.25) is 0 Å². The van der Waals surface area contributed by atoms with Gasteiger partial charge in [0.15, 0.2) is 0 Å². The molecular weight excluding hydrogens is 358 g/mol. The smallest absolute Gasteiger partial charge is 0.410 e. The molecule has 2 aliphatic heterocycles. The van der Waals surface area contributed by atoms with Gasteiger partial charge in [0.1, 0.15) is 6.61 Å². The number of benzene rings is 1. The zero-order valence-corrected chi connectivity index (χ0v) is 16.8. The second-order valence-corrected chi connectivity index (χ2v) is 8.06. The fourth-order valence-corrected chi connectivity index (χ4v) is 4.16. The Kier molecular flexibility index (Phi) is 6.78. The molecule has 2 fully saturated rings. The van der Waals surface area contributed by atoms with E-state index in [9.17, 15) is 14.7 Å². The Morgan fingerprint density at radius 1 is 1.07 bits per heavy atom. The van der Waals surface area contributed by atoms with E-state index in [1.54, 1.807) is 4.90 Å². The zero-order chi connectivity index (χ0) is 20.1. The van der Waals surface area contributed by atoms with Gasteiger partial charge in [-0.1, -0.05) is 30.3 Å². The third-order valence-corrected chi connectivity index (χ3v) is 5.93. The largest absolute Gasteiger partial charge is 0.465 e. The maximum Gasteiger partial charge on any atom is 0.410 e. The van der Waals surface area contributed by atoms with Crippen LogP contribution in [0.4, 0.5) is 9.59 Å². The summed E-state index contributed by atoms with van der Waals surface area (Å²) in [4.78, 5) is 29.3. The molecule has 2 heterocycles. The van der Waals surface area contributed by atoms with Gasteiger partial charge in [-0.25, -0.2) is 9.59 Å². The van der Waals surface area contributed by atoms with Crippen molar-refractivity contribution >= 4 is 12.2 Å². The maximum atomic E-state index is 12.3. The van der Waals surface area contributed by atoms with Crippen molar-refractivity contribution in [2.24, 2.45) is 5.92 Å². The number of hydrogen-bond acceptors (Lipinski definition) is 4. The van der Waals surface area contributed by atoms with Crippen molar-refractivity contribution in [2.45, 2.75) is 45.4 Å². The van der Waals surface area contributed by atoms with E-state index in [0.717, 1.165) is 44.6 Å². The molecule has 0 aliphatic carbocycles. The Morgan fingerprint density at radius 2 is 1.75 bits per heavy atom. The number of piperidine rings is 1. The summed E-state index contributed by atoms with van der Waals surface area (Å²) in [6.07, 6.45) is 0.849. The van der Waals surface area contributed by atoms with Crippen molar-refractivity contribution < 1.29 is 19.4 Å². The van der Waals surface area contributed by atoms with Gasteiger partial charge >= 0.3 is 12.2 Å². The molecule has 154 valence electrons. The Balaban J connectivity index is 1.41. The highest BCUT2D eigenvalue weighted by Crippen LogP contribution is 2.23. The SMILES string of the molecule is C[C@@H]1CN(CC2CCN(C(=O)OCc3ccccc3)CC2)[C@@H](C)CN1C(=O)O. The fourth-order valence-electron chi connectivity index (χ4n) is 4.16. The van der Waals surface area contributed by atoms with Crippen LogP contribution in [0.5, 0.6) is 0 Å². The maximum absolute atomic E-state index is 12.3. The first-order valence-electron chi connectivity index (χ1n) is 10.1. The van der Waals surface area contributed by atoms with Gasteiger partial charge in [0.05, 0.1) is 0 Å². The molecule has 0 bridgehead atoms. The molecule has 0 saturated carbocycles. The first-order valence-corrected chi connectivity index (χ1v) is 10.1. The lowest BCUT2D eigenvalue weighted by atomic mass is 9.95. The average Bonchev–Trinajstić information content (AvgIpc) is 2.69. The van der Waals surface area contributed by atoms with Gasteiger partial charge in [0, 0.05) is 44.8 Å². The molecule has 2 saturated heterocycles. The van der Waals surface area contributed by atoms with Crippen molar-refractivity contribution in [1.29, 1.82) is 0 Å². The normalized spacial score (nSPS) is 24.2. The molecule has 0 aromatic heterocycles. The number of nitrogens with zero attached hydrogens (tertiary/aromatic N) is 3. The number of hydrogen-bond donors (Lipinski definition) is 1. The van der Waals surface area contributed by atoms with Crippen LogP contribution in [-0.2, 0) is 11.3 Å². The highest BCUT2D eigenvalue weighted by atomic mass is 16.6. The summed E-state index contributed by atoms with van der Waals surface area (Å²) in [6.45, 7) is 8.10. The molecule has 1 aromatic carbocycles. The lowest BCUT2D eigenvalue weighted by Gasteiger charge is -2.44. The Morgan fingerprint density at radius 3 is 2.39 bits per heavy atom. The van der Waals surface area contributed by atoms with Crippen LogP contribution in [0.15, 0.2) is 30.3 Å². The molecule has 1 N–H and O–H groups in total. The van der Waals surface area contributed by atoms with E-state index in [0.29, 0.717) is 19.1 Å². The molecule has 2 atom stereocenters. The number of amides is 2. The van der Waals surface area contributed by atoms with Crippen molar-refractivity contribution in [3.05, 3.63) is 35.9 Å². The lowest BCUT2D eigenvalue weighted by molar-refractivity contribution is 0.0269.